The maximum absolute atomic E-state index is 13.1. The molecular weight excluding hydrogens is 480 g/mol. The van der Waals surface area contributed by atoms with E-state index in [9.17, 15) is 4.79 Å². The Kier molecular flexibility index (Phi) is 6.92. The van der Waals surface area contributed by atoms with Crippen LogP contribution in [0.2, 0.25) is 0 Å². The largest absolute Gasteiger partial charge is 0.368 e. The van der Waals surface area contributed by atoms with Gasteiger partial charge in [-0.15, -0.1) is 11.3 Å². The number of nitrogens with zero attached hydrogens (tertiary/aromatic N) is 6. The second-order valence-corrected chi connectivity index (χ2v) is 10.6. The Hall–Kier alpha value is -3.62. The van der Waals surface area contributed by atoms with Gasteiger partial charge in [-0.05, 0) is 78.0 Å². The normalized spacial score (nSPS) is 18.3. The molecule has 6 rings (SSSR count). The van der Waals surface area contributed by atoms with Gasteiger partial charge in [0, 0.05) is 79.6 Å². The van der Waals surface area contributed by atoms with Crippen molar-refractivity contribution in [3.63, 3.8) is 0 Å². The van der Waals surface area contributed by atoms with Gasteiger partial charge in [-0.25, -0.2) is 9.97 Å². The molecular formula is C29H30N6OS. The lowest BCUT2D eigenvalue weighted by Crippen LogP contribution is -2.51. The summed E-state index contributed by atoms with van der Waals surface area (Å²) in [5, 5.41) is 2.18. The molecule has 5 heterocycles. The van der Waals surface area contributed by atoms with Crippen LogP contribution in [0.1, 0.15) is 17.2 Å². The van der Waals surface area contributed by atoms with Crippen LogP contribution < -0.4 is 4.90 Å². The fraction of sp³-hybridized carbons (Fsp3) is 0.310. The van der Waals surface area contributed by atoms with Crippen molar-refractivity contribution >= 4 is 22.9 Å². The van der Waals surface area contributed by atoms with Crippen LogP contribution in [0.3, 0.4) is 0 Å². The van der Waals surface area contributed by atoms with Gasteiger partial charge in [0.15, 0.2) is 5.82 Å². The first-order valence-electron chi connectivity index (χ1n) is 12.8. The molecule has 2 saturated heterocycles. The number of aromatic nitrogens is 3. The van der Waals surface area contributed by atoms with Crippen molar-refractivity contribution in [2.75, 3.05) is 50.7 Å². The molecule has 0 spiro atoms. The summed E-state index contributed by atoms with van der Waals surface area (Å²) in [6.07, 6.45) is 8.33. The van der Waals surface area contributed by atoms with Gasteiger partial charge >= 0.3 is 0 Å². The quantitative estimate of drug-likeness (QED) is 0.383. The van der Waals surface area contributed by atoms with Gasteiger partial charge in [-0.2, -0.15) is 0 Å². The van der Waals surface area contributed by atoms with Gasteiger partial charge in [0.05, 0.1) is 6.54 Å². The zero-order valence-corrected chi connectivity index (χ0v) is 21.6. The monoisotopic (exact) mass is 510 g/mol. The number of thiophene rings is 1. The maximum atomic E-state index is 13.1. The molecule has 1 atom stereocenters. The number of likely N-dealkylation sites (tertiary alicyclic amines) is 1. The number of hydrogen-bond acceptors (Lipinski definition) is 7. The molecule has 0 aliphatic carbocycles. The fourth-order valence-electron chi connectivity index (χ4n) is 5.37. The van der Waals surface area contributed by atoms with E-state index in [-0.39, 0.29) is 5.91 Å². The summed E-state index contributed by atoms with van der Waals surface area (Å²) in [6.45, 7) is 5.65. The number of rotatable bonds is 6. The first-order valence-corrected chi connectivity index (χ1v) is 13.7. The highest BCUT2D eigenvalue weighted by molar-refractivity contribution is 7.10. The van der Waals surface area contributed by atoms with Crippen LogP contribution in [0.15, 0.2) is 78.7 Å². The molecule has 37 heavy (non-hydrogen) atoms. The predicted molar refractivity (Wildman–Crippen MR) is 148 cm³/mol. The summed E-state index contributed by atoms with van der Waals surface area (Å²) in [4.78, 5) is 34.1. The minimum atomic E-state index is 0.248. The lowest BCUT2D eigenvalue weighted by atomic mass is 9.99. The third-order valence-corrected chi connectivity index (χ3v) is 8.46. The maximum Gasteiger partial charge on any atom is 0.236 e. The Bertz CT molecular complexity index is 1320. The van der Waals surface area contributed by atoms with Gasteiger partial charge in [-0.3, -0.25) is 14.7 Å². The van der Waals surface area contributed by atoms with Crippen molar-refractivity contribution in [3.8, 4) is 22.5 Å². The molecule has 4 aromatic rings. The number of hydrogen-bond donors (Lipinski definition) is 0. The summed E-state index contributed by atoms with van der Waals surface area (Å²) in [7, 11) is 0. The Morgan fingerprint density at radius 2 is 1.62 bits per heavy atom. The third-order valence-electron chi connectivity index (χ3n) is 7.38. The van der Waals surface area contributed by atoms with E-state index in [4.69, 9.17) is 0 Å². The molecule has 0 unspecified atom stereocenters. The topological polar surface area (TPSA) is 65.5 Å². The summed E-state index contributed by atoms with van der Waals surface area (Å²) in [5.74, 6) is 1.47. The van der Waals surface area contributed by atoms with Crippen LogP contribution in [-0.2, 0) is 4.79 Å². The Labute approximate surface area is 221 Å². The van der Waals surface area contributed by atoms with Crippen molar-refractivity contribution in [2.45, 2.75) is 12.3 Å². The summed E-state index contributed by atoms with van der Waals surface area (Å²) in [6, 6.07) is 16.6. The number of carbonyl (C=O) groups is 1. The minimum Gasteiger partial charge on any atom is -0.368 e. The second kappa shape index (κ2) is 10.8. The number of benzene rings is 1. The van der Waals surface area contributed by atoms with Crippen molar-refractivity contribution in [3.05, 3.63) is 83.6 Å². The van der Waals surface area contributed by atoms with Crippen LogP contribution in [0.25, 0.3) is 22.5 Å². The number of anilines is 1. The molecule has 0 radical (unpaired) electrons. The highest BCUT2D eigenvalue weighted by Gasteiger charge is 2.30. The summed E-state index contributed by atoms with van der Waals surface area (Å²) >= 11 is 1.83. The Morgan fingerprint density at radius 3 is 2.38 bits per heavy atom. The average Bonchev–Trinajstić information content (AvgIpc) is 3.64. The average molecular weight is 511 g/mol. The summed E-state index contributed by atoms with van der Waals surface area (Å²) in [5.41, 5.74) is 4.72. The zero-order valence-electron chi connectivity index (χ0n) is 20.7. The van der Waals surface area contributed by atoms with E-state index in [1.165, 1.54) is 21.7 Å². The number of carbonyl (C=O) groups excluding carboxylic acids is 1. The minimum absolute atomic E-state index is 0.248. The van der Waals surface area contributed by atoms with Gasteiger partial charge in [-0.1, -0.05) is 0 Å². The van der Waals surface area contributed by atoms with Crippen LogP contribution in [-0.4, -0.2) is 76.5 Å². The van der Waals surface area contributed by atoms with Crippen LogP contribution in [0.5, 0.6) is 0 Å². The number of amides is 1. The molecule has 188 valence electrons. The van der Waals surface area contributed by atoms with Gasteiger partial charge in [0.25, 0.3) is 0 Å². The first-order chi connectivity index (χ1) is 18.2. The Morgan fingerprint density at radius 1 is 0.865 bits per heavy atom. The molecule has 0 N–H and O–H groups in total. The van der Waals surface area contributed by atoms with E-state index in [0.717, 1.165) is 57.1 Å². The second-order valence-electron chi connectivity index (χ2n) is 9.64. The van der Waals surface area contributed by atoms with E-state index >= 15 is 0 Å². The fourth-order valence-corrected chi connectivity index (χ4v) is 6.42. The molecule has 0 saturated carbocycles. The SMILES string of the molecule is O=C(CN1CC[C@@H](c2sccc2-c2ccncc2)C1)N1CCN(c2ccc(-c3ncccn3)cc2)CC1. The molecule has 1 aromatic carbocycles. The van der Waals surface area contributed by atoms with Crippen LogP contribution >= 0.6 is 11.3 Å². The van der Waals surface area contributed by atoms with Gasteiger partial charge < -0.3 is 9.80 Å². The van der Waals surface area contributed by atoms with Crippen LogP contribution in [0, 0.1) is 0 Å². The zero-order chi connectivity index (χ0) is 25.0. The van der Waals surface area contributed by atoms with Crippen LogP contribution in [0.4, 0.5) is 5.69 Å². The third kappa shape index (κ3) is 5.26. The Balaban J connectivity index is 1.01. The molecule has 2 aliphatic heterocycles. The number of pyridine rings is 1. The van der Waals surface area contributed by atoms with E-state index in [1.807, 2.05) is 34.7 Å². The lowest BCUT2D eigenvalue weighted by molar-refractivity contribution is -0.132. The molecule has 1 amide bonds. The highest BCUT2D eigenvalue weighted by atomic mass is 32.1. The van der Waals surface area contributed by atoms with Crippen molar-refractivity contribution < 1.29 is 4.79 Å². The van der Waals surface area contributed by atoms with Gasteiger partial charge in [0.2, 0.25) is 5.91 Å². The lowest BCUT2D eigenvalue weighted by Gasteiger charge is -2.36. The molecule has 0 bridgehead atoms. The standard InChI is InChI=1S/C29H30N6OS/c36-27(21-33-14-8-24(20-33)28-26(9-19-37-28)22-6-12-30-13-7-22)35-17-15-34(16-18-35)25-4-2-23(3-5-25)29-31-10-1-11-32-29/h1-7,9-13,19,24H,8,14-18,20-21H2/t24-/m1/s1. The molecule has 8 heteroatoms. The molecule has 7 nitrogen and oxygen atoms in total. The van der Waals surface area contributed by atoms with Crippen molar-refractivity contribution in [1.29, 1.82) is 0 Å². The number of piperazine rings is 1. The van der Waals surface area contributed by atoms with E-state index in [0.29, 0.717) is 12.5 Å². The van der Waals surface area contributed by atoms with E-state index < -0.39 is 0 Å². The van der Waals surface area contributed by atoms with Crippen molar-refractivity contribution in [2.24, 2.45) is 0 Å². The highest BCUT2D eigenvalue weighted by Crippen LogP contribution is 2.38. The molecule has 2 fully saturated rings. The predicted octanol–water partition coefficient (Wildman–Crippen LogP) is 4.41. The smallest absolute Gasteiger partial charge is 0.236 e. The van der Waals surface area contributed by atoms with Gasteiger partial charge in [0.1, 0.15) is 0 Å². The molecule has 3 aromatic heterocycles. The van der Waals surface area contributed by atoms with E-state index in [1.54, 1.807) is 12.4 Å². The molecule has 2 aliphatic rings. The first kappa shape index (κ1) is 23.8. The van der Waals surface area contributed by atoms with E-state index in [2.05, 4.69) is 72.6 Å². The summed E-state index contributed by atoms with van der Waals surface area (Å²) < 4.78 is 0. The van der Waals surface area contributed by atoms with Crippen molar-refractivity contribution in [1.82, 2.24) is 24.8 Å².